The van der Waals surface area contributed by atoms with Crippen LogP contribution in [0.15, 0.2) is 0 Å². The number of hydrogen-bond donors (Lipinski definition) is 2. The van der Waals surface area contributed by atoms with Crippen molar-refractivity contribution in [2.24, 2.45) is 5.73 Å². The van der Waals surface area contributed by atoms with E-state index in [1.165, 1.54) is 0 Å². The minimum Gasteiger partial charge on any atom is -0.394 e. The Kier molecular flexibility index (Phi) is 3.00. The van der Waals surface area contributed by atoms with Crippen molar-refractivity contribution in [3.8, 4) is 0 Å². The molecule has 3 unspecified atom stereocenters. The molecule has 4 atom stereocenters. The fraction of sp³-hybridized carbons (Fsp3) is 1.00. The number of aliphatic hydroxyl groups excluding tert-OH is 1. The number of hydrogen-bond acceptors (Lipinski definition) is 5. The van der Waals surface area contributed by atoms with Crippen LogP contribution < -0.4 is 5.73 Å². The van der Waals surface area contributed by atoms with Gasteiger partial charge >= 0.3 is 0 Å². The van der Waals surface area contributed by atoms with E-state index in [2.05, 4.69) is 0 Å². The molecule has 0 aromatic heterocycles. The van der Waals surface area contributed by atoms with E-state index in [1.807, 2.05) is 13.8 Å². The van der Waals surface area contributed by atoms with Crippen LogP contribution in [0, 0.1) is 0 Å². The van der Waals surface area contributed by atoms with Crippen LogP contribution in [0.2, 0.25) is 0 Å². The van der Waals surface area contributed by atoms with Gasteiger partial charge in [0.25, 0.3) is 0 Å². The second kappa shape index (κ2) is 3.99. The Hall–Kier alpha value is -0.200. The largest absolute Gasteiger partial charge is 0.394 e. The van der Waals surface area contributed by atoms with Gasteiger partial charge in [0.15, 0.2) is 5.79 Å². The van der Waals surface area contributed by atoms with E-state index in [4.69, 9.17) is 25.1 Å². The summed E-state index contributed by atoms with van der Waals surface area (Å²) in [5, 5.41) is 8.71. The van der Waals surface area contributed by atoms with Gasteiger partial charge in [0.05, 0.1) is 19.3 Å². The van der Waals surface area contributed by atoms with Crippen LogP contribution in [0.4, 0.5) is 0 Å². The SMILES string of the molecule is CC1(C)OC2C(OCCO)C[C@H](N)C2O1. The van der Waals surface area contributed by atoms with Crippen LogP contribution in [0.3, 0.4) is 0 Å². The average Bonchev–Trinajstić information content (AvgIpc) is 2.60. The van der Waals surface area contributed by atoms with Crippen LogP contribution in [-0.4, -0.2) is 48.5 Å². The molecule has 1 aliphatic heterocycles. The molecule has 88 valence electrons. The van der Waals surface area contributed by atoms with Gasteiger partial charge < -0.3 is 25.1 Å². The third-order valence-electron chi connectivity index (χ3n) is 2.88. The fourth-order valence-electron chi connectivity index (χ4n) is 2.34. The lowest BCUT2D eigenvalue weighted by Crippen LogP contribution is -2.35. The maximum atomic E-state index is 8.71. The highest BCUT2D eigenvalue weighted by molar-refractivity contribution is 5.01. The second-order valence-corrected chi connectivity index (χ2v) is 4.60. The van der Waals surface area contributed by atoms with Crippen LogP contribution in [0.1, 0.15) is 20.3 Å². The van der Waals surface area contributed by atoms with Crippen LogP contribution in [-0.2, 0) is 14.2 Å². The fourth-order valence-corrected chi connectivity index (χ4v) is 2.34. The second-order valence-electron chi connectivity index (χ2n) is 4.60. The molecule has 0 amide bonds. The van der Waals surface area contributed by atoms with Crippen LogP contribution in [0.5, 0.6) is 0 Å². The maximum Gasteiger partial charge on any atom is 0.163 e. The van der Waals surface area contributed by atoms with E-state index in [-0.39, 0.29) is 31.0 Å². The molecule has 1 heterocycles. The lowest BCUT2D eigenvalue weighted by Gasteiger charge is -2.22. The molecule has 5 heteroatoms. The Bertz CT molecular complexity index is 233. The molecule has 3 N–H and O–H groups in total. The van der Waals surface area contributed by atoms with Crippen molar-refractivity contribution in [2.75, 3.05) is 13.2 Å². The first-order chi connectivity index (χ1) is 7.03. The number of nitrogens with two attached hydrogens (primary N) is 1. The van der Waals surface area contributed by atoms with Gasteiger partial charge in [0.2, 0.25) is 0 Å². The lowest BCUT2D eigenvalue weighted by molar-refractivity contribution is -0.168. The van der Waals surface area contributed by atoms with Gasteiger partial charge in [-0.2, -0.15) is 0 Å². The molecule has 1 aliphatic carbocycles. The first kappa shape index (κ1) is 11.3. The van der Waals surface area contributed by atoms with E-state index in [0.717, 1.165) is 6.42 Å². The van der Waals surface area contributed by atoms with Crippen molar-refractivity contribution >= 4 is 0 Å². The Morgan fingerprint density at radius 1 is 1.40 bits per heavy atom. The Morgan fingerprint density at radius 2 is 2.07 bits per heavy atom. The van der Waals surface area contributed by atoms with Gasteiger partial charge in [-0.05, 0) is 20.3 Å². The summed E-state index contributed by atoms with van der Waals surface area (Å²) in [5.74, 6) is -0.575. The maximum absolute atomic E-state index is 8.71. The monoisotopic (exact) mass is 217 g/mol. The quantitative estimate of drug-likeness (QED) is 0.674. The average molecular weight is 217 g/mol. The predicted octanol–water partition coefficient (Wildman–Crippen LogP) is -0.385. The standard InChI is InChI=1S/C10H19NO4/c1-10(2)14-8-6(11)5-7(9(8)15-10)13-4-3-12/h6-9,12H,3-5,11H2,1-2H3/t6-,7?,8?,9?/m0/s1. The molecular weight excluding hydrogens is 198 g/mol. The van der Waals surface area contributed by atoms with Crippen molar-refractivity contribution in [1.82, 2.24) is 0 Å². The summed E-state index contributed by atoms with van der Waals surface area (Å²) in [6, 6.07) is -0.0412. The predicted molar refractivity (Wildman–Crippen MR) is 53.2 cm³/mol. The van der Waals surface area contributed by atoms with E-state index in [0.29, 0.717) is 6.61 Å². The molecule has 1 saturated heterocycles. The highest BCUT2D eigenvalue weighted by Gasteiger charge is 2.53. The minimum atomic E-state index is -0.575. The zero-order valence-electron chi connectivity index (χ0n) is 9.18. The number of fused-ring (bicyclic) bond motifs is 1. The summed E-state index contributed by atoms with van der Waals surface area (Å²) >= 11 is 0. The molecule has 2 aliphatic rings. The van der Waals surface area contributed by atoms with E-state index < -0.39 is 5.79 Å². The van der Waals surface area contributed by atoms with Crippen molar-refractivity contribution in [3.63, 3.8) is 0 Å². The summed E-state index contributed by atoms with van der Waals surface area (Å²) in [7, 11) is 0. The van der Waals surface area contributed by atoms with E-state index in [1.54, 1.807) is 0 Å². The van der Waals surface area contributed by atoms with Crippen LogP contribution in [0.25, 0.3) is 0 Å². The smallest absolute Gasteiger partial charge is 0.163 e. The molecule has 1 saturated carbocycles. The van der Waals surface area contributed by atoms with Crippen LogP contribution >= 0.6 is 0 Å². The van der Waals surface area contributed by atoms with Gasteiger partial charge in [0.1, 0.15) is 12.2 Å². The number of aliphatic hydroxyl groups is 1. The number of rotatable bonds is 3. The Morgan fingerprint density at radius 3 is 2.73 bits per heavy atom. The molecule has 0 spiro atoms. The Balaban J connectivity index is 1.99. The molecule has 15 heavy (non-hydrogen) atoms. The van der Waals surface area contributed by atoms with Gasteiger partial charge in [-0.1, -0.05) is 0 Å². The summed E-state index contributed by atoms with van der Waals surface area (Å²) in [5.41, 5.74) is 5.96. The molecular formula is C10H19NO4. The molecule has 2 fully saturated rings. The number of ether oxygens (including phenoxy) is 3. The summed E-state index contributed by atoms with van der Waals surface area (Å²) in [6.07, 6.45) is 0.495. The van der Waals surface area contributed by atoms with Crippen molar-refractivity contribution in [1.29, 1.82) is 0 Å². The first-order valence-corrected chi connectivity index (χ1v) is 5.37. The highest BCUT2D eigenvalue weighted by Crippen LogP contribution is 2.38. The van der Waals surface area contributed by atoms with E-state index in [9.17, 15) is 0 Å². The topological polar surface area (TPSA) is 73.9 Å². The summed E-state index contributed by atoms with van der Waals surface area (Å²) in [4.78, 5) is 0. The molecule has 0 radical (unpaired) electrons. The molecule has 2 rings (SSSR count). The van der Waals surface area contributed by atoms with Gasteiger partial charge in [-0.3, -0.25) is 0 Å². The van der Waals surface area contributed by atoms with Gasteiger partial charge in [0, 0.05) is 6.04 Å². The van der Waals surface area contributed by atoms with Gasteiger partial charge in [-0.15, -0.1) is 0 Å². The molecule has 0 aromatic carbocycles. The van der Waals surface area contributed by atoms with Crippen molar-refractivity contribution < 1.29 is 19.3 Å². The minimum absolute atomic E-state index is 0.0212. The molecule has 0 bridgehead atoms. The third kappa shape index (κ3) is 2.16. The third-order valence-corrected chi connectivity index (χ3v) is 2.88. The van der Waals surface area contributed by atoms with Crippen molar-refractivity contribution in [2.45, 2.75) is 50.4 Å². The lowest BCUT2D eigenvalue weighted by atomic mass is 10.2. The zero-order chi connectivity index (χ0) is 11.1. The highest BCUT2D eigenvalue weighted by atomic mass is 16.8. The van der Waals surface area contributed by atoms with Crippen molar-refractivity contribution in [3.05, 3.63) is 0 Å². The summed E-state index contributed by atoms with van der Waals surface area (Å²) in [6.45, 7) is 4.10. The van der Waals surface area contributed by atoms with E-state index >= 15 is 0 Å². The zero-order valence-corrected chi connectivity index (χ0v) is 9.18. The normalized spacial score (nSPS) is 43.2. The molecule has 5 nitrogen and oxygen atoms in total. The summed E-state index contributed by atoms with van der Waals surface area (Å²) < 4.78 is 16.9. The first-order valence-electron chi connectivity index (χ1n) is 5.37. The van der Waals surface area contributed by atoms with Gasteiger partial charge in [-0.25, -0.2) is 0 Å². The Labute approximate surface area is 89.5 Å². The molecule has 0 aromatic rings.